The summed E-state index contributed by atoms with van der Waals surface area (Å²) < 4.78 is 7.04. The van der Waals surface area contributed by atoms with Crippen LogP contribution in [0.2, 0.25) is 0 Å². The van der Waals surface area contributed by atoms with Gasteiger partial charge in [0.2, 0.25) is 0 Å². The molecule has 7 nitrogen and oxygen atoms in total. The third-order valence-corrected chi connectivity index (χ3v) is 6.39. The molecule has 2 aromatic heterocycles. The van der Waals surface area contributed by atoms with E-state index >= 15 is 0 Å². The summed E-state index contributed by atoms with van der Waals surface area (Å²) in [6.07, 6.45) is 0. The molecule has 2 N–H and O–H groups in total. The molecule has 0 radical (unpaired) electrons. The molecule has 2 heterocycles. The molecule has 7 heteroatoms. The van der Waals surface area contributed by atoms with Gasteiger partial charge in [-0.15, -0.1) is 0 Å². The number of rotatable bonds is 8. The molecule has 0 amide bonds. The molecule has 0 aliphatic rings. The highest BCUT2D eigenvalue weighted by Gasteiger charge is 2.21. The van der Waals surface area contributed by atoms with Gasteiger partial charge in [-0.25, -0.2) is 4.98 Å². The lowest BCUT2D eigenvalue weighted by molar-refractivity contribution is 0.416. The maximum atomic E-state index is 13.4. The Morgan fingerprint density at radius 3 is 2.51 bits per heavy atom. The summed E-state index contributed by atoms with van der Waals surface area (Å²) in [6, 6.07) is 14.0. The van der Waals surface area contributed by atoms with Gasteiger partial charge in [-0.2, -0.15) is 4.52 Å². The normalized spacial score (nSPS) is 11.0. The second-order valence-electron chi connectivity index (χ2n) is 8.69. The number of ether oxygens (including phenoxy) is 1. The van der Waals surface area contributed by atoms with Crippen LogP contribution in [0.1, 0.15) is 37.6 Å². The van der Waals surface area contributed by atoms with E-state index in [-0.39, 0.29) is 5.56 Å². The average Bonchev–Trinajstić information content (AvgIpc) is 3.22. The number of hydrogen-bond donors (Lipinski definition) is 2. The van der Waals surface area contributed by atoms with Crippen LogP contribution in [0, 0.1) is 13.8 Å². The zero-order valence-electron chi connectivity index (χ0n) is 21.3. The summed E-state index contributed by atoms with van der Waals surface area (Å²) in [5.41, 5.74) is 7.71. The molecule has 0 spiro atoms. The molecule has 2 aromatic carbocycles. The summed E-state index contributed by atoms with van der Waals surface area (Å²) in [4.78, 5) is 20.7. The number of nitrogens with one attached hydrogen (secondary N) is 2. The molecule has 0 aliphatic carbocycles. The topological polar surface area (TPSA) is 74.7 Å². The van der Waals surface area contributed by atoms with Crippen molar-refractivity contribution in [3.05, 3.63) is 76.2 Å². The minimum atomic E-state index is -0.167. The van der Waals surface area contributed by atoms with Gasteiger partial charge in [0, 0.05) is 35.6 Å². The minimum absolute atomic E-state index is 0.167. The van der Waals surface area contributed by atoms with Gasteiger partial charge in [-0.05, 0) is 76.1 Å². The van der Waals surface area contributed by atoms with Gasteiger partial charge in [0.05, 0.1) is 18.5 Å². The standard InChI is InChI=1S/C28H33N5O2/c1-8-32(9-2)20-14-15-22(18(5)16-20)29-26-24(17(3)4)31-33-27(26)30-25(19(6)28(33)34)21-12-10-11-13-23(21)35-7/h10-16,29,31H,3,8-9H2,1-2,4-7H3. The highest BCUT2D eigenvalue weighted by molar-refractivity contribution is 5.87. The number of methoxy groups -OCH3 is 1. The SMILES string of the molecule is C=C(C)c1[nH]n2c(=O)c(C)c(-c3ccccc3OC)nc2c1Nc1ccc(N(CC)CC)cc1C. The average molecular weight is 472 g/mol. The first kappa shape index (κ1) is 24.1. The first-order valence-electron chi connectivity index (χ1n) is 11.9. The number of allylic oxidation sites excluding steroid dienone is 1. The van der Waals surface area contributed by atoms with Crippen LogP contribution in [-0.4, -0.2) is 34.8 Å². The third-order valence-electron chi connectivity index (χ3n) is 6.39. The second kappa shape index (κ2) is 9.70. The lowest BCUT2D eigenvalue weighted by atomic mass is 10.1. The maximum absolute atomic E-state index is 13.4. The molecule has 0 unspecified atom stereocenters. The van der Waals surface area contributed by atoms with Crippen molar-refractivity contribution in [2.45, 2.75) is 34.6 Å². The number of aromatic nitrogens is 3. The Balaban J connectivity index is 1.91. The number of fused-ring (bicyclic) bond motifs is 1. The molecule has 4 aromatic rings. The monoisotopic (exact) mass is 471 g/mol. The van der Waals surface area contributed by atoms with E-state index in [1.54, 1.807) is 14.0 Å². The number of para-hydroxylation sites is 1. The zero-order valence-corrected chi connectivity index (χ0v) is 21.3. The Morgan fingerprint density at radius 1 is 1.17 bits per heavy atom. The number of benzene rings is 2. The van der Waals surface area contributed by atoms with Crippen LogP contribution in [0.25, 0.3) is 22.5 Å². The Kier molecular flexibility index (Phi) is 6.69. The van der Waals surface area contributed by atoms with Crippen molar-refractivity contribution in [2.24, 2.45) is 0 Å². The molecule has 35 heavy (non-hydrogen) atoms. The predicted molar refractivity (Wildman–Crippen MR) is 145 cm³/mol. The van der Waals surface area contributed by atoms with Crippen LogP contribution in [-0.2, 0) is 0 Å². The third kappa shape index (κ3) is 4.30. The van der Waals surface area contributed by atoms with Crippen molar-refractivity contribution in [3.63, 3.8) is 0 Å². The molecular weight excluding hydrogens is 438 g/mol. The van der Waals surface area contributed by atoms with Crippen LogP contribution < -0.4 is 20.5 Å². The van der Waals surface area contributed by atoms with Crippen LogP contribution in [0.5, 0.6) is 5.75 Å². The van der Waals surface area contributed by atoms with Crippen molar-refractivity contribution in [1.29, 1.82) is 0 Å². The van der Waals surface area contributed by atoms with Gasteiger partial charge in [0.25, 0.3) is 5.56 Å². The van der Waals surface area contributed by atoms with E-state index in [9.17, 15) is 4.79 Å². The van der Waals surface area contributed by atoms with Gasteiger partial charge in [-0.1, -0.05) is 18.7 Å². The van der Waals surface area contributed by atoms with Crippen molar-refractivity contribution in [1.82, 2.24) is 14.6 Å². The maximum Gasteiger partial charge on any atom is 0.276 e. The van der Waals surface area contributed by atoms with Crippen molar-refractivity contribution in [2.75, 3.05) is 30.4 Å². The number of aromatic amines is 1. The Morgan fingerprint density at radius 2 is 1.89 bits per heavy atom. The Labute approximate surface area is 206 Å². The minimum Gasteiger partial charge on any atom is -0.496 e. The van der Waals surface area contributed by atoms with E-state index in [4.69, 9.17) is 9.72 Å². The first-order chi connectivity index (χ1) is 16.8. The van der Waals surface area contributed by atoms with E-state index in [0.29, 0.717) is 28.3 Å². The molecule has 0 aliphatic heterocycles. The quantitative estimate of drug-likeness (QED) is 0.333. The highest BCUT2D eigenvalue weighted by atomic mass is 16.5. The first-order valence-corrected chi connectivity index (χ1v) is 11.9. The van der Waals surface area contributed by atoms with Crippen LogP contribution >= 0.6 is 0 Å². The lowest BCUT2D eigenvalue weighted by Gasteiger charge is -2.22. The molecule has 0 atom stereocenters. The van der Waals surface area contributed by atoms with Crippen LogP contribution in [0.3, 0.4) is 0 Å². The van der Waals surface area contributed by atoms with E-state index in [1.165, 1.54) is 10.2 Å². The molecule has 0 saturated carbocycles. The van der Waals surface area contributed by atoms with Crippen molar-refractivity contribution < 1.29 is 4.74 Å². The summed E-state index contributed by atoms with van der Waals surface area (Å²) in [7, 11) is 1.62. The summed E-state index contributed by atoms with van der Waals surface area (Å²) in [5.74, 6) is 0.667. The van der Waals surface area contributed by atoms with Gasteiger partial charge < -0.3 is 15.0 Å². The van der Waals surface area contributed by atoms with Crippen LogP contribution in [0.4, 0.5) is 17.1 Å². The summed E-state index contributed by atoms with van der Waals surface area (Å²) >= 11 is 0. The number of nitrogens with zero attached hydrogens (tertiary/aromatic N) is 3. The van der Waals surface area contributed by atoms with Crippen LogP contribution in [0.15, 0.2) is 53.8 Å². The van der Waals surface area contributed by atoms with E-state index in [2.05, 4.69) is 60.9 Å². The molecule has 182 valence electrons. The van der Waals surface area contributed by atoms with Gasteiger partial charge in [0.1, 0.15) is 11.4 Å². The van der Waals surface area contributed by atoms with Gasteiger partial charge >= 0.3 is 0 Å². The Bertz CT molecular complexity index is 1460. The second-order valence-corrected chi connectivity index (χ2v) is 8.69. The molecular formula is C28H33N5O2. The largest absolute Gasteiger partial charge is 0.496 e. The smallest absolute Gasteiger partial charge is 0.276 e. The lowest BCUT2D eigenvalue weighted by Crippen LogP contribution is -2.21. The summed E-state index contributed by atoms with van der Waals surface area (Å²) in [5, 5.41) is 6.74. The molecule has 0 fully saturated rings. The van der Waals surface area contributed by atoms with E-state index in [0.717, 1.165) is 41.2 Å². The zero-order chi connectivity index (χ0) is 25.3. The molecule has 0 saturated heterocycles. The van der Waals surface area contributed by atoms with Gasteiger partial charge in [-0.3, -0.25) is 9.89 Å². The summed E-state index contributed by atoms with van der Waals surface area (Å²) in [6.45, 7) is 16.1. The Hall–Kier alpha value is -4.00. The molecule has 0 bridgehead atoms. The fourth-order valence-electron chi connectivity index (χ4n) is 4.39. The predicted octanol–water partition coefficient (Wildman–Crippen LogP) is 5.94. The number of aryl methyl sites for hydroxylation is 1. The van der Waals surface area contributed by atoms with E-state index in [1.807, 2.05) is 31.2 Å². The highest BCUT2D eigenvalue weighted by Crippen LogP contribution is 2.34. The van der Waals surface area contributed by atoms with Gasteiger partial charge in [0.15, 0.2) is 5.65 Å². The van der Waals surface area contributed by atoms with E-state index < -0.39 is 0 Å². The van der Waals surface area contributed by atoms with Crippen molar-refractivity contribution in [3.8, 4) is 17.0 Å². The molecule has 4 rings (SSSR count). The number of anilines is 3. The number of hydrogen-bond acceptors (Lipinski definition) is 5. The number of H-pyrrole nitrogens is 1. The van der Waals surface area contributed by atoms with Crippen molar-refractivity contribution >= 4 is 28.3 Å². The fourth-order valence-corrected chi connectivity index (χ4v) is 4.39. The fraction of sp³-hybridized carbons (Fsp3) is 0.286.